The summed E-state index contributed by atoms with van der Waals surface area (Å²) in [4.78, 5) is 10.8. The molecule has 2 aliphatic carbocycles. The Labute approximate surface area is 328 Å². The first-order valence-electron chi connectivity index (χ1n) is 20.6. The summed E-state index contributed by atoms with van der Waals surface area (Å²) in [7, 11) is 0. The summed E-state index contributed by atoms with van der Waals surface area (Å²) in [6, 6.07) is 54.3. The molecule has 2 heterocycles. The Morgan fingerprint density at radius 1 is 0.357 bits per heavy atom. The predicted octanol–water partition coefficient (Wildman–Crippen LogP) is 14.6. The Morgan fingerprint density at radius 2 is 0.786 bits per heavy atom. The molecule has 270 valence electrons. The number of benzene rings is 7. The summed E-state index contributed by atoms with van der Waals surface area (Å²) in [5, 5.41) is 7.17. The van der Waals surface area contributed by atoms with Crippen LogP contribution in [-0.2, 0) is 10.8 Å². The van der Waals surface area contributed by atoms with Gasteiger partial charge in [0.15, 0.2) is 0 Å². The topological polar surface area (TPSA) is 25.8 Å². The fourth-order valence-corrected chi connectivity index (χ4v) is 11.1. The van der Waals surface area contributed by atoms with Crippen LogP contribution >= 0.6 is 0 Å². The second-order valence-corrected chi connectivity index (χ2v) is 16.1. The first-order chi connectivity index (χ1) is 27.5. The van der Waals surface area contributed by atoms with Crippen LogP contribution in [0.15, 0.2) is 146 Å². The van der Waals surface area contributed by atoms with Gasteiger partial charge in [-0.05, 0) is 140 Å². The normalized spacial score (nSPS) is 14.6. The number of fused-ring (bicyclic) bond motifs is 10. The summed E-state index contributed by atoms with van der Waals surface area (Å²) in [5.41, 5.74) is 17.8. The lowest BCUT2D eigenvalue weighted by molar-refractivity contribution is 0.485. The van der Waals surface area contributed by atoms with Crippen molar-refractivity contribution < 1.29 is 0 Å². The zero-order valence-electron chi connectivity index (χ0n) is 32.6. The predicted molar refractivity (Wildman–Crippen MR) is 237 cm³/mol. The fourth-order valence-electron chi connectivity index (χ4n) is 11.1. The Kier molecular flexibility index (Phi) is 7.23. The molecule has 9 aromatic rings. The number of hydrogen-bond acceptors (Lipinski definition) is 2. The molecule has 2 aliphatic rings. The van der Waals surface area contributed by atoms with Gasteiger partial charge in [-0.25, -0.2) is 9.97 Å². The van der Waals surface area contributed by atoms with Gasteiger partial charge in [-0.1, -0.05) is 125 Å². The van der Waals surface area contributed by atoms with Gasteiger partial charge in [-0.2, -0.15) is 0 Å². The molecule has 0 saturated heterocycles. The van der Waals surface area contributed by atoms with E-state index in [-0.39, 0.29) is 10.8 Å². The zero-order valence-corrected chi connectivity index (χ0v) is 32.6. The fraction of sp³-hybridized carbons (Fsp3) is 0.185. The maximum absolute atomic E-state index is 5.38. The molecule has 0 bridgehead atoms. The molecule has 0 atom stereocenters. The minimum atomic E-state index is -0.117. The molecule has 56 heavy (non-hydrogen) atoms. The van der Waals surface area contributed by atoms with E-state index < -0.39 is 0 Å². The lowest BCUT2D eigenvalue weighted by Gasteiger charge is -2.32. The zero-order chi connectivity index (χ0) is 37.8. The van der Waals surface area contributed by atoms with Crippen molar-refractivity contribution >= 4 is 43.4 Å². The van der Waals surface area contributed by atoms with Crippen molar-refractivity contribution in [3.05, 3.63) is 168 Å². The van der Waals surface area contributed by atoms with Crippen LogP contribution in [0.3, 0.4) is 0 Å². The summed E-state index contributed by atoms with van der Waals surface area (Å²) in [6.45, 7) is 9.55. The quantitative estimate of drug-likeness (QED) is 0.160. The first-order valence-corrected chi connectivity index (χ1v) is 20.6. The summed E-state index contributed by atoms with van der Waals surface area (Å²) in [6.07, 6.45) is 4.21. The summed E-state index contributed by atoms with van der Waals surface area (Å²) >= 11 is 0. The molecule has 11 rings (SSSR count). The third-order valence-electron chi connectivity index (χ3n) is 14.0. The van der Waals surface area contributed by atoms with E-state index in [4.69, 9.17) is 9.97 Å². The highest BCUT2D eigenvalue weighted by molar-refractivity contribution is 6.22. The average molecular weight is 721 g/mol. The van der Waals surface area contributed by atoms with E-state index in [1.54, 1.807) is 0 Å². The highest BCUT2D eigenvalue weighted by Crippen LogP contribution is 2.60. The minimum Gasteiger partial charge on any atom is -0.248 e. The molecule has 0 radical (unpaired) electrons. The van der Waals surface area contributed by atoms with E-state index in [0.29, 0.717) is 0 Å². The van der Waals surface area contributed by atoms with E-state index in [0.717, 1.165) is 58.9 Å². The van der Waals surface area contributed by atoms with Gasteiger partial charge in [0.05, 0.1) is 22.4 Å². The second kappa shape index (κ2) is 12.2. The lowest BCUT2D eigenvalue weighted by atomic mass is 9.71. The van der Waals surface area contributed by atoms with E-state index in [9.17, 15) is 0 Å². The molecule has 2 aromatic heterocycles. The van der Waals surface area contributed by atoms with Gasteiger partial charge >= 0.3 is 0 Å². The van der Waals surface area contributed by atoms with Crippen LogP contribution in [0.25, 0.3) is 88.1 Å². The number of aromatic nitrogens is 2. The molecule has 2 nitrogen and oxygen atoms in total. The molecule has 0 unspecified atom stereocenters. The SMILES string of the molecule is CCC1(CC)c2ccccc2-c2cc3c(cc21)-c1cc2c(-c4ccc5ccccc5n4)c4ccccc4c(-c4ccc5ccccc5n4)c2cc1C3(CC)CC. The van der Waals surface area contributed by atoms with Gasteiger partial charge < -0.3 is 0 Å². The molecule has 0 amide bonds. The van der Waals surface area contributed by atoms with Crippen molar-refractivity contribution in [1.82, 2.24) is 9.97 Å². The van der Waals surface area contributed by atoms with E-state index in [2.05, 4.69) is 173 Å². The Hall–Kier alpha value is -6.12. The highest BCUT2D eigenvalue weighted by Gasteiger charge is 2.46. The number of hydrogen-bond donors (Lipinski definition) is 0. The van der Waals surface area contributed by atoms with E-state index in [1.807, 2.05) is 0 Å². The van der Waals surface area contributed by atoms with Crippen molar-refractivity contribution in [2.45, 2.75) is 64.2 Å². The Morgan fingerprint density at radius 3 is 1.36 bits per heavy atom. The maximum atomic E-state index is 5.38. The standard InChI is InChI=1S/C54H44N2/c1-5-53(6-2)43-22-14-13-19-35(43)39-30-45-40(31-44(39)53)38-29-41-42(32-46(38)54(45,7-3)8-4)52(50-28-26-34-18-10-16-24-48(34)56-50)37-21-12-11-20-36(37)51(41)49-27-25-33-17-9-15-23-47(33)55-49/h9-32H,5-8H2,1-4H3. The minimum absolute atomic E-state index is 0.00689. The van der Waals surface area contributed by atoms with Crippen LogP contribution in [0.4, 0.5) is 0 Å². The molecule has 0 N–H and O–H groups in total. The number of pyridine rings is 2. The van der Waals surface area contributed by atoms with Crippen LogP contribution in [0.1, 0.15) is 75.6 Å². The molecule has 0 fully saturated rings. The largest absolute Gasteiger partial charge is 0.248 e. The van der Waals surface area contributed by atoms with Crippen LogP contribution < -0.4 is 0 Å². The van der Waals surface area contributed by atoms with Crippen LogP contribution in [-0.4, -0.2) is 9.97 Å². The van der Waals surface area contributed by atoms with Gasteiger partial charge in [-0.15, -0.1) is 0 Å². The highest BCUT2D eigenvalue weighted by atomic mass is 14.7. The molecule has 0 aliphatic heterocycles. The molecular formula is C54H44N2. The van der Waals surface area contributed by atoms with Crippen molar-refractivity contribution in [3.63, 3.8) is 0 Å². The van der Waals surface area contributed by atoms with Crippen molar-refractivity contribution in [2.75, 3.05) is 0 Å². The number of rotatable bonds is 6. The first kappa shape index (κ1) is 33.2. The molecular weight excluding hydrogens is 677 g/mol. The lowest BCUT2D eigenvalue weighted by Crippen LogP contribution is -2.24. The maximum Gasteiger partial charge on any atom is 0.0722 e. The van der Waals surface area contributed by atoms with Crippen molar-refractivity contribution in [1.29, 1.82) is 0 Å². The third-order valence-corrected chi connectivity index (χ3v) is 14.0. The number of para-hydroxylation sites is 2. The van der Waals surface area contributed by atoms with Crippen molar-refractivity contribution in [2.24, 2.45) is 0 Å². The van der Waals surface area contributed by atoms with Gasteiger partial charge in [0.2, 0.25) is 0 Å². The van der Waals surface area contributed by atoms with Gasteiger partial charge in [0.1, 0.15) is 0 Å². The van der Waals surface area contributed by atoms with Crippen LogP contribution in [0.2, 0.25) is 0 Å². The third kappa shape index (κ3) is 4.33. The monoisotopic (exact) mass is 720 g/mol. The Balaban J connectivity index is 1.29. The smallest absolute Gasteiger partial charge is 0.0722 e. The van der Waals surface area contributed by atoms with Crippen LogP contribution in [0.5, 0.6) is 0 Å². The van der Waals surface area contributed by atoms with E-state index >= 15 is 0 Å². The molecule has 0 saturated carbocycles. The summed E-state index contributed by atoms with van der Waals surface area (Å²) < 4.78 is 0. The second-order valence-electron chi connectivity index (χ2n) is 16.1. The molecule has 7 aromatic carbocycles. The van der Waals surface area contributed by atoms with Crippen molar-refractivity contribution in [3.8, 4) is 44.8 Å². The Bertz CT molecular complexity index is 3090. The summed E-state index contributed by atoms with van der Waals surface area (Å²) in [5.74, 6) is 0. The van der Waals surface area contributed by atoms with Crippen LogP contribution in [0, 0.1) is 0 Å². The number of nitrogens with zero attached hydrogens (tertiary/aromatic N) is 2. The average Bonchev–Trinajstić information content (AvgIpc) is 3.69. The van der Waals surface area contributed by atoms with Gasteiger partial charge in [0.25, 0.3) is 0 Å². The molecule has 0 spiro atoms. The van der Waals surface area contributed by atoms with E-state index in [1.165, 1.54) is 77.2 Å². The van der Waals surface area contributed by atoms with Gasteiger partial charge in [0, 0.05) is 32.7 Å². The molecule has 2 heteroatoms. The van der Waals surface area contributed by atoms with Gasteiger partial charge in [-0.3, -0.25) is 0 Å².